The second kappa shape index (κ2) is 11.3. The summed E-state index contributed by atoms with van der Waals surface area (Å²) >= 11 is 6.92. The minimum Gasteiger partial charge on any atom is -0.507 e. The summed E-state index contributed by atoms with van der Waals surface area (Å²) in [7, 11) is 0. The van der Waals surface area contributed by atoms with Crippen molar-refractivity contribution in [1.29, 1.82) is 0 Å². The largest absolute Gasteiger partial charge is 0.507 e. The molecule has 0 aliphatic rings. The van der Waals surface area contributed by atoms with E-state index in [2.05, 4.69) is 41.5 Å². The van der Waals surface area contributed by atoms with E-state index in [1.54, 1.807) is 11.8 Å². The van der Waals surface area contributed by atoms with Crippen molar-refractivity contribution >= 4 is 34.6 Å². The van der Waals surface area contributed by atoms with E-state index >= 15 is 0 Å². The fourth-order valence-corrected chi connectivity index (χ4v) is 3.96. The number of esters is 1. The number of hydrogen-bond acceptors (Lipinski definition) is 5. The molecule has 0 unspecified atom stereocenters. The monoisotopic (exact) mass is 442 g/mol. The number of hydrogen-bond donors (Lipinski definition) is 1. The molecule has 1 aromatic carbocycles. The summed E-state index contributed by atoms with van der Waals surface area (Å²) < 4.78 is 5.32. The van der Waals surface area contributed by atoms with E-state index in [1.807, 2.05) is 12.1 Å². The molecule has 0 aliphatic carbocycles. The van der Waals surface area contributed by atoms with E-state index in [0.717, 1.165) is 28.9 Å². The van der Waals surface area contributed by atoms with Gasteiger partial charge in [0.05, 0.1) is 6.61 Å². The molecular formula is C23H35ClO4S. The molecule has 164 valence electrons. The van der Waals surface area contributed by atoms with Crippen LogP contribution in [0.4, 0.5) is 0 Å². The Morgan fingerprint density at radius 3 is 2.03 bits per heavy atom. The quantitative estimate of drug-likeness (QED) is 0.284. The van der Waals surface area contributed by atoms with Crippen molar-refractivity contribution in [3.63, 3.8) is 0 Å². The molecular weight excluding hydrogens is 408 g/mol. The topological polar surface area (TPSA) is 63.6 Å². The highest BCUT2D eigenvalue weighted by molar-refractivity contribution is 7.99. The van der Waals surface area contributed by atoms with Gasteiger partial charge in [0.1, 0.15) is 5.75 Å². The number of carbonyl (C=O) groups is 2. The van der Waals surface area contributed by atoms with Crippen LogP contribution in [0.1, 0.15) is 77.5 Å². The Balaban J connectivity index is 2.61. The van der Waals surface area contributed by atoms with E-state index in [4.69, 9.17) is 16.3 Å². The molecule has 1 rings (SSSR count). The lowest BCUT2D eigenvalue weighted by atomic mass is 9.78. The third-order valence-corrected chi connectivity index (χ3v) is 5.80. The van der Waals surface area contributed by atoms with Crippen LogP contribution >= 0.6 is 23.4 Å². The van der Waals surface area contributed by atoms with Crippen molar-refractivity contribution in [3.05, 3.63) is 28.8 Å². The highest BCUT2D eigenvalue weighted by Crippen LogP contribution is 2.39. The Morgan fingerprint density at radius 2 is 1.55 bits per heavy atom. The van der Waals surface area contributed by atoms with Gasteiger partial charge < -0.3 is 9.84 Å². The molecule has 29 heavy (non-hydrogen) atoms. The summed E-state index contributed by atoms with van der Waals surface area (Å²) in [5.74, 6) is 1.67. The van der Waals surface area contributed by atoms with Crippen LogP contribution in [0.25, 0.3) is 0 Å². The van der Waals surface area contributed by atoms with Crippen LogP contribution in [0.5, 0.6) is 5.75 Å². The van der Waals surface area contributed by atoms with Gasteiger partial charge in [-0.25, -0.2) is 0 Å². The van der Waals surface area contributed by atoms with Gasteiger partial charge in [0.2, 0.25) is 5.24 Å². The minimum atomic E-state index is -0.317. The first-order valence-electron chi connectivity index (χ1n) is 10.1. The highest BCUT2D eigenvalue weighted by Gasteiger charge is 2.26. The summed E-state index contributed by atoms with van der Waals surface area (Å²) in [5.41, 5.74) is 2.47. The number of rotatable bonds is 10. The third kappa shape index (κ3) is 9.43. The van der Waals surface area contributed by atoms with Gasteiger partial charge in [0.25, 0.3) is 0 Å². The van der Waals surface area contributed by atoms with E-state index in [9.17, 15) is 14.7 Å². The fourth-order valence-electron chi connectivity index (χ4n) is 2.90. The maximum atomic E-state index is 12.1. The Bertz CT molecular complexity index is 667. The van der Waals surface area contributed by atoms with Gasteiger partial charge in [-0.15, -0.1) is 0 Å². The maximum Gasteiger partial charge on any atom is 0.306 e. The predicted molar refractivity (Wildman–Crippen MR) is 122 cm³/mol. The molecule has 6 heteroatoms. The van der Waals surface area contributed by atoms with Crippen LogP contribution in [-0.4, -0.2) is 34.4 Å². The lowest BCUT2D eigenvalue weighted by Crippen LogP contribution is -2.18. The van der Waals surface area contributed by atoms with Crippen molar-refractivity contribution in [2.45, 2.75) is 78.1 Å². The van der Waals surface area contributed by atoms with Crippen LogP contribution in [0, 0.1) is 0 Å². The molecule has 1 N–H and O–H groups in total. The summed E-state index contributed by atoms with van der Waals surface area (Å²) in [4.78, 5) is 22.7. The Morgan fingerprint density at radius 1 is 1.00 bits per heavy atom. The molecule has 0 saturated carbocycles. The second-order valence-corrected chi connectivity index (χ2v) is 11.0. The number of ether oxygens (including phenoxy) is 1. The number of phenolic OH excluding ortho intramolecular Hbond substituents is 1. The lowest BCUT2D eigenvalue weighted by molar-refractivity contribution is -0.143. The average molecular weight is 443 g/mol. The SMILES string of the molecule is CC(C)(C)c1cc(CCC(=O)OCCCSCCC(=O)Cl)cc(C(C)(C)C)c1O. The van der Waals surface area contributed by atoms with Crippen LogP contribution in [0.15, 0.2) is 12.1 Å². The molecule has 0 aliphatic heterocycles. The van der Waals surface area contributed by atoms with Crippen molar-refractivity contribution in [3.8, 4) is 5.75 Å². The Kier molecular flexibility index (Phi) is 10.0. The number of halogens is 1. The smallest absolute Gasteiger partial charge is 0.306 e. The number of carbonyl (C=O) groups excluding carboxylic acids is 2. The standard InChI is InChI=1S/C23H35ClO4S/c1-22(2,3)17-14-16(15-18(21(17)27)23(4,5)6)8-9-20(26)28-11-7-12-29-13-10-19(24)25/h14-15,27H,7-13H2,1-6H3. The van der Waals surface area contributed by atoms with Gasteiger partial charge in [-0.3, -0.25) is 9.59 Å². The van der Waals surface area contributed by atoms with Crippen LogP contribution in [-0.2, 0) is 31.6 Å². The summed E-state index contributed by atoms with van der Waals surface area (Å²) in [6.45, 7) is 12.8. The highest BCUT2D eigenvalue weighted by atomic mass is 35.5. The van der Waals surface area contributed by atoms with Gasteiger partial charge in [0, 0.05) is 18.6 Å². The van der Waals surface area contributed by atoms with Gasteiger partial charge in [-0.1, -0.05) is 53.7 Å². The fraction of sp³-hybridized carbons (Fsp3) is 0.652. The van der Waals surface area contributed by atoms with Crippen LogP contribution in [0.2, 0.25) is 0 Å². The number of thioether (sulfide) groups is 1. The van der Waals surface area contributed by atoms with Crippen LogP contribution in [0.3, 0.4) is 0 Å². The van der Waals surface area contributed by atoms with Gasteiger partial charge >= 0.3 is 5.97 Å². The van der Waals surface area contributed by atoms with Crippen molar-refractivity contribution in [2.24, 2.45) is 0 Å². The molecule has 1 aromatic rings. The van der Waals surface area contributed by atoms with Gasteiger partial charge in [-0.2, -0.15) is 11.8 Å². The molecule has 0 bridgehead atoms. The average Bonchev–Trinajstić information content (AvgIpc) is 2.57. The number of aryl methyl sites for hydroxylation is 1. The predicted octanol–water partition coefficient (Wildman–Crippen LogP) is 5.74. The zero-order valence-electron chi connectivity index (χ0n) is 18.6. The van der Waals surface area contributed by atoms with Gasteiger partial charge in [0.15, 0.2) is 0 Å². The maximum absolute atomic E-state index is 12.1. The van der Waals surface area contributed by atoms with Crippen LogP contribution < -0.4 is 0 Å². The Labute approximate surface area is 184 Å². The first-order valence-corrected chi connectivity index (χ1v) is 11.6. The molecule has 4 nitrogen and oxygen atoms in total. The summed E-state index contributed by atoms with van der Waals surface area (Å²) in [6.07, 6.45) is 2.02. The van der Waals surface area contributed by atoms with E-state index in [0.29, 0.717) is 37.4 Å². The Hall–Kier alpha value is -1.20. The number of benzene rings is 1. The zero-order valence-corrected chi connectivity index (χ0v) is 20.1. The first-order chi connectivity index (χ1) is 13.3. The third-order valence-electron chi connectivity index (χ3n) is 4.54. The molecule has 0 aromatic heterocycles. The number of phenols is 1. The van der Waals surface area contributed by atoms with E-state index in [1.165, 1.54) is 0 Å². The normalized spacial score (nSPS) is 12.1. The second-order valence-electron chi connectivity index (χ2n) is 9.33. The van der Waals surface area contributed by atoms with E-state index < -0.39 is 0 Å². The van der Waals surface area contributed by atoms with Crippen molar-refractivity contribution < 1.29 is 19.4 Å². The molecule has 0 spiro atoms. The van der Waals surface area contributed by atoms with E-state index in [-0.39, 0.29) is 22.0 Å². The first kappa shape index (κ1) is 25.8. The molecule has 0 amide bonds. The number of aromatic hydroxyl groups is 1. The van der Waals surface area contributed by atoms with Gasteiger partial charge in [-0.05, 0) is 57.7 Å². The molecule has 0 fully saturated rings. The zero-order chi connectivity index (χ0) is 22.2. The molecule has 0 heterocycles. The molecule has 0 radical (unpaired) electrons. The summed E-state index contributed by atoms with van der Waals surface area (Å²) in [5, 5.41) is 10.5. The summed E-state index contributed by atoms with van der Waals surface area (Å²) in [6, 6.07) is 4.01. The molecule has 0 atom stereocenters. The minimum absolute atomic E-state index is 0.188. The lowest BCUT2D eigenvalue weighted by Gasteiger charge is -2.28. The van der Waals surface area contributed by atoms with Crippen molar-refractivity contribution in [1.82, 2.24) is 0 Å². The molecule has 0 saturated heterocycles. The van der Waals surface area contributed by atoms with Crippen molar-refractivity contribution in [2.75, 3.05) is 18.1 Å².